The van der Waals surface area contributed by atoms with Crippen LogP contribution < -0.4 is 5.32 Å². The van der Waals surface area contributed by atoms with Gasteiger partial charge in [-0.15, -0.1) is 10.2 Å². The van der Waals surface area contributed by atoms with Crippen LogP contribution in [0.4, 0.5) is 5.13 Å². The summed E-state index contributed by atoms with van der Waals surface area (Å²) in [4.78, 5) is 41.5. The monoisotopic (exact) mass is 454 g/mol. The third-order valence-corrected chi connectivity index (χ3v) is 5.86. The topological polar surface area (TPSA) is 120 Å². The minimum Gasteiger partial charge on any atom is -0.466 e. The number of nitrogens with zero attached hydrogens (tertiary/aromatic N) is 3. The van der Waals surface area contributed by atoms with Crippen molar-refractivity contribution in [3.8, 4) is 0 Å². The van der Waals surface area contributed by atoms with Crippen molar-refractivity contribution in [2.75, 3.05) is 18.5 Å². The maximum absolute atomic E-state index is 13.0. The van der Waals surface area contributed by atoms with E-state index in [2.05, 4.69) is 15.5 Å². The molecule has 3 aromatic rings. The third kappa shape index (κ3) is 4.91. The lowest BCUT2D eigenvalue weighted by atomic mass is 9.90. The van der Waals surface area contributed by atoms with Crippen LogP contribution in [0.2, 0.25) is 0 Å². The lowest BCUT2D eigenvalue weighted by molar-refractivity contribution is -0.142. The molecule has 1 N–H and O–H groups in total. The van der Waals surface area contributed by atoms with Crippen LogP contribution in [0, 0.1) is 0 Å². The fourth-order valence-electron chi connectivity index (χ4n) is 3.68. The molecular formula is C22H22N4O5S. The summed E-state index contributed by atoms with van der Waals surface area (Å²) in [6.07, 6.45) is 3.59. The molecule has 0 saturated carbocycles. The zero-order chi connectivity index (χ0) is 22.5. The van der Waals surface area contributed by atoms with E-state index in [0.717, 1.165) is 59.2 Å². The standard InChI is InChI=1S/C22H22N4O5S/c1-2-30-19(28)11-18-25-26-22(32-18)24-17(27)12-31-21(29)20-13-7-3-5-9-15(13)23-16-10-6-4-8-14(16)20/h3,5,7,9H,2,4,6,8,10-12H2,1H3,(H,24,26,27). The van der Waals surface area contributed by atoms with E-state index < -0.39 is 24.5 Å². The second-order valence-electron chi connectivity index (χ2n) is 7.24. The summed E-state index contributed by atoms with van der Waals surface area (Å²) in [5, 5.41) is 11.6. The Bertz CT molecular complexity index is 1180. The number of aryl methyl sites for hydroxylation is 1. The van der Waals surface area contributed by atoms with Gasteiger partial charge in [-0.05, 0) is 44.2 Å². The van der Waals surface area contributed by atoms with E-state index in [0.29, 0.717) is 10.6 Å². The summed E-state index contributed by atoms with van der Waals surface area (Å²) in [5.74, 6) is -1.50. The highest BCUT2D eigenvalue weighted by atomic mass is 32.1. The van der Waals surface area contributed by atoms with Crippen molar-refractivity contribution in [3.63, 3.8) is 0 Å². The number of ether oxygens (including phenoxy) is 2. The Kier molecular flexibility index (Phi) is 6.69. The van der Waals surface area contributed by atoms with E-state index in [-0.39, 0.29) is 18.2 Å². The Hall–Kier alpha value is -3.40. The molecule has 1 amide bonds. The molecule has 2 heterocycles. The van der Waals surface area contributed by atoms with E-state index in [1.54, 1.807) is 6.92 Å². The highest BCUT2D eigenvalue weighted by Crippen LogP contribution is 2.29. The molecule has 2 aromatic heterocycles. The van der Waals surface area contributed by atoms with Gasteiger partial charge in [0.2, 0.25) is 5.13 Å². The molecule has 32 heavy (non-hydrogen) atoms. The Labute approximate surface area is 188 Å². The molecule has 9 nitrogen and oxygen atoms in total. The number of nitrogens with one attached hydrogen (secondary N) is 1. The first kappa shape index (κ1) is 21.8. The fraction of sp³-hybridized carbons (Fsp3) is 0.364. The lowest BCUT2D eigenvalue weighted by Crippen LogP contribution is -2.22. The predicted molar refractivity (Wildman–Crippen MR) is 118 cm³/mol. The number of carbonyl (C=O) groups is 3. The fourth-order valence-corrected chi connectivity index (χ4v) is 4.42. The Morgan fingerprint density at radius 3 is 2.75 bits per heavy atom. The van der Waals surface area contributed by atoms with Crippen molar-refractivity contribution in [3.05, 3.63) is 46.1 Å². The number of amides is 1. The van der Waals surface area contributed by atoms with Crippen LogP contribution in [0.15, 0.2) is 24.3 Å². The van der Waals surface area contributed by atoms with Crippen molar-refractivity contribution in [2.24, 2.45) is 0 Å². The van der Waals surface area contributed by atoms with Crippen LogP contribution in [0.25, 0.3) is 10.9 Å². The number of anilines is 1. The van der Waals surface area contributed by atoms with Crippen molar-refractivity contribution in [2.45, 2.75) is 39.0 Å². The second kappa shape index (κ2) is 9.82. The number of hydrogen-bond acceptors (Lipinski definition) is 9. The van der Waals surface area contributed by atoms with Gasteiger partial charge in [-0.2, -0.15) is 0 Å². The predicted octanol–water partition coefficient (Wildman–Crippen LogP) is 2.87. The minimum absolute atomic E-state index is 0.0173. The van der Waals surface area contributed by atoms with E-state index in [1.165, 1.54) is 0 Å². The van der Waals surface area contributed by atoms with Gasteiger partial charge < -0.3 is 9.47 Å². The van der Waals surface area contributed by atoms with Crippen LogP contribution in [-0.4, -0.2) is 46.2 Å². The molecule has 10 heteroatoms. The van der Waals surface area contributed by atoms with Crippen molar-refractivity contribution in [1.29, 1.82) is 0 Å². The van der Waals surface area contributed by atoms with Gasteiger partial charge in [-0.1, -0.05) is 29.5 Å². The van der Waals surface area contributed by atoms with Gasteiger partial charge in [0.1, 0.15) is 5.01 Å². The number of para-hydroxylation sites is 1. The van der Waals surface area contributed by atoms with Crippen LogP contribution in [0.3, 0.4) is 0 Å². The second-order valence-corrected chi connectivity index (χ2v) is 8.31. The van der Waals surface area contributed by atoms with Crippen molar-refractivity contribution >= 4 is 45.2 Å². The third-order valence-electron chi connectivity index (χ3n) is 5.02. The van der Waals surface area contributed by atoms with E-state index in [1.807, 2.05) is 24.3 Å². The Morgan fingerprint density at radius 1 is 1.09 bits per heavy atom. The van der Waals surface area contributed by atoms with Gasteiger partial charge in [0.25, 0.3) is 5.91 Å². The van der Waals surface area contributed by atoms with Gasteiger partial charge in [-0.25, -0.2) is 4.79 Å². The van der Waals surface area contributed by atoms with Crippen LogP contribution in [0.5, 0.6) is 0 Å². The molecule has 0 aliphatic heterocycles. The summed E-state index contributed by atoms with van der Waals surface area (Å²) < 4.78 is 10.2. The van der Waals surface area contributed by atoms with Crippen LogP contribution in [-0.2, 0) is 38.3 Å². The summed E-state index contributed by atoms with van der Waals surface area (Å²) in [7, 11) is 0. The summed E-state index contributed by atoms with van der Waals surface area (Å²) >= 11 is 1.06. The first-order valence-corrected chi connectivity index (χ1v) is 11.2. The first-order valence-electron chi connectivity index (χ1n) is 10.4. The highest BCUT2D eigenvalue weighted by molar-refractivity contribution is 7.15. The average molecular weight is 455 g/mol. The number of hydrogen-bond donors (Lipinski definition) is 1. The zero-order valence-corrected chi connectivity index (χ0v) is 18.4. The molecule has 1 aliphatic carbocycles. The molecule has 1 aromatic carbocycles. The number of esters is 2. The smallest absolute Gasteiger partial charge is 0.339 e. The highest BCUT2D eigenvalue weighted by Gasteiger charge is 2.24. The van der Waals surface area contributed by atoms with Gasteiger partial charge in [0.15, 0.2) is 6.61 Å². The summed E-state index contributed by atoms with van der Waals surface area (Å²) in [6.45, 7) is 1.54. The zero-order valence-electron chi connectivity index (χ0n) is 17.6. The van der Waals surface area contributed by atoms with Crippen LogP contribution in [0.1, 0.15) is 46.4 Å². The van der Waals surface area contributed by atoms with E-state index in [4.69, 9.17) is 14.5 Å². The number of rotatable bonds is 7. The summed E-state index contributed by atoms with van der Waals surface area (Å²) in [6, 6.07) is 7.45. The molecule has 0 spiro atoms. The first-order chi connectivity index (χ1) is 15.5. The molecule has 0 bridgehead atoms. The number of benzene rings is 1. The molecule has 0 saturated heterocycles. The number of pyridine rings is 1. The van der Waals surface area contributed by atoms with Gasteiger partial charge in [0.05, 0.1) is 24.1 Å². The molecule has 1 aliphatic rings. The minimum atomic E-state index is -0.544. The maximum Gasteiger partial charge on any atom is 0.339 e. The Morgan fingerprint density at radius 2 is 1.91 bits per heavy atom. The van der Waals surface area contributed by atoms with Gasteiger partial charge >= 0.3 is 11.9 Å². The van der Waals surface area contributed by atoms with E-state index >= 15 is 0 Å². The molecule has 0 unspecified atom stereocenters. The molecular weight excluding hydrogens is 432 g/mol. The maximum atomic E-state index is 13.0. The average Bonchev–Trinajstić information content (AvgIpc) is 3.22. The van der Waals surface area contributed by atoms with Crippen LogP contribution >= 0.6 is 11.3 Å². The van der Waals surface area contributed by atoms with E-state index in [9.17, 15) is 14.4 Å². The quantitative estimate of drug-likeness (QED) is 0.541. The number of aromatic nitrogens is 3. The van der Waals surface area contributed by atoms with Crippen molar-refractivity contribution < 1.29 is 23.9 Å². The molecule has 0 atom stereocenters. The lowest BCUT2D eigenvalue weighted by Gasteiger charge is -2.19. The largest absolute Gasteiger partial charge is 0.466 e. The van der Waals surface area contributed by atoms with Gasteiger partial charge in [-0.3, -0.25) is 19.9 Å². The number of fused-ring (bicyclic) bond motifs is 2. The molecule has 166 valence electrons. The number of carbonyl (C=O) groups excluding carboxylic acids is 3. The SMILES string of the molecule is CCOC(=O)Cc1nnc(NC(=O)COC(=O)c2c3c(nc4ccccc24)CCCC3)s1. The van der Waals surface area contributed by atoms with Crippen molar-refractivity contribution in [1.82, 2.24) is 15.2 Å². The Balaban J connectivity index is 1.42. The molecule has 0 fully saturated rings. The normalized spacial score (nSPS) is 12.8. The van der Waals surface area contributed by atoms with Gasteiger partial charge in [0, 0.05) is 11.1 Å². The summed E-state index contributed by atoms with van der Waals surface area (Å²) in [5.41, 5.74) is 3.07. The molecule has 4 rings (SSSR count). The molecule has 0 radical (unpaired) electrons.